The van der Waals surface area contributed by atoms with Crippen LogP contribution >= 0.6 is 15.9 Å². The van der Waals surface area contributed by atoms with E-state index in [2.05, 4.69) is 21.2 Å². The summed E-state index contributed by atoms with van der Waals surface area (Å²) in [4.78, 5) is 11.7. The highest BCUT2D eigenvalue weighted by molar-refractivity contribution is 9.10. The first kappa shape index (κ1) is 13.1. The van der Waals surface area contributed by atoms with E-state index in [0.717, 1.165) is 0 Å². The zero-order valence-corrected chi connectivity index (χ0v) is 10.7. The second kappa shape index (κ2) is 5.96. The third-order valence-corrected chi connectivity index (χ3v) is 2.78. The maximum atomic E-state index is 12.8. The molecule has 1 amide bonds. The number of amides is 1. The molecule has 1 unspecified atom stereocenters. The Hall–Kier alpha value is -0.940. The van der Waals surface area contributed by atoms with Crippen LogP contribution in [0.5, 0.6) is 0 Å². The molecule has 0 fully saturated rings. The smallest absolute Gasteiger partial charge is 0.252 e. The number of benzene rings is 1. The van der Waals surface area contributed by atoms with Gasteiger partial charge in [0, 0.05) is 18.1 Å². The third kappa shape index (κ3) is 3.57. The summed E-state index contributed by atoms with van der Waals surface area (Å²) in [6.07, 6.45) is -0.0526. The van der Waals surface area contributed by atoms with Crippen LogP contribution in [0.2, 0.25) is 0 Å². The SMILES string of the molecule is COC(C)CNC(=O)c1ccc(F)cc1Br. The molecule has 0 aromatic heterocycles. The van der Waals surface area contributed by atoms with Gasteiger partial charge in [0.1, 0.15) is 5.82 Å². The Bertz CT molecular complexity index is 384. The fourth-order valence-electron chi connectivity index (χ4n) is 1.09. The molecule has 1 aromatic rings. The fourth-order valence-corrected chi connectivity index (χ4v) is 1.62. The Morgan fingerprint density at radius 1 is 1.62 bits per heavy atom. The topological polar surface area (TPSA) is 38.3 Å². The van der Waals surface area contributed by atoms with E-state index in [4.69, 9.17) is 4.74 Å². The van der Waals surface area contributed by atoms with Gasteiger partial charge in [-0.3, -0.25) is 4.79 Å². The zero-order chi connectivity index (χ0) is 12.1. The van der Waals surface area contributed by atoms with Gasteiger partial charge in [0.15, 0.2) is 0 Å². The van der Waals surface area contributed by atoms with Crippen molar-refractivity contribution in [1.29, 1.82) is 0 Å². The van der Waals surface area contributed by atoms with Crippen molar-refractivity contribution in [3.05, 3.63) is 34.1 Å². The maximum Gasteiger partial charge on any atom is 0.252 e. The summed E-state index contributed by atoms with van der Waals surface area (Å²) in [6, 6.07) is 3.94. The molecule has 0 saturated carbocycles. The second-order valence-corrected chi connectivity index (χ2v) is 4.23. The molecule has 5 heteroatoms. The van der Waals surface area contributed by atoms with Crippen molar-refractivity contribution >= 4 is 21.8 Å². The van der Waals surface area contributed by atoms with Crippen molar-refractivity contribution in [2.24, 2.45) is 0 Å². The summed E-state index contributed by atoms with van der Waals surface area (Å²) in [6.45, 7) is 2.26. The van der Waals surface area contributed by atoms with E-state index in [1.165, 1.54) is 18.2 Å². The predicted molar refractivity (Wildman–Crippen MR) is 62.9 cm³/mol. The lowest BCUT2D eigenvalue weighted by Crippen LogP contribution is -2.31. The Kier molecular flexibility index (Phi) is 4.89. The molecule has 88 valence electrons. The van der Waals surface area contributed by atoms with E-state index in [1.54, 1.807) is 7.11 Å². The zero-order valence-electron chi connectivity index (χ0n) is 9.09. The van der Waals surface area contributed by atoms with Crippen molar-refractivity contribution in [2.45, 2.75) is 13.0 Å². The van der Waals surface area contributed by atoms with E-state index in [0.29, 0.717) is 16.6 Å². The molecule has 0 spiro atoms. The number of rotatable bonds is 4. The molecule has 3 nitrogen and oxygen atoms in total. The van der Waals surface area contributed by atoms with Crippen LogP contribution in [0.1, 0.15) is 17.3 Å². The van der Waals surface area contributed by atoms with Crippen LogP contribution < -0.4 is 5.32 Å². The number of carbonyl (C=O) groups is 1. The molecule has 0 radical (unpaired) electrons. The van der Waals surface area contributed by atoms with Crippen LogP contribution in [0, 0.1) is 5.82 Å². The minimum atomic E-state index is -0.381. The molecule has 0 bridgehead atoms. The molecular weight excluding hydrogens is 277 g/mol. The number of ether oxygens (including phenoxy) is 1. The Morgan fingerprint density at radius 3 is 2.88 bits per heavy atom. The Labute approximate surface area is 102 Å². The van der Waals surface area contributed by atoms with Gasteiger partial charge in [-0.25, -0.2) is 4.39 Å². The minimum absolute atomic E-state index is 0.0526. The van der Waals surface area contributed by atoms with Crippen molar-refractivity contribution in [3.63, 3.8) is 0 Å². The van der Waals surface area contributed by atoms with Crippen molar-refractivity contribution in [2.75, 3.05) is 13.7 Å². The monoisotopic (exact) mass is 289 g/mol. The van der Waals surface area contributed by atoms with Gasteiger partial charge in [-0.05, 0) is 41.1 Å². The first-order valence-corrected chi connectivity index (χ1v) is 5.60. The second-order valence-electron chi connectivity index (χ2n) is 3.38. The summed E-state index contributed by atoms with van der Waals surface area (Å²) in [5.41, 5.74) is 0.407. The van der Waals surface area contributed by atoms with Gasteiger partial charge in [-0.2, -0.15) is 0 Å². The first-order valence-electron chi connectivity index (χ1n) is 4.80. The van der Waals surface area contributed by atoms with Crippen molar-refractivity contribution < 1.29 is 13.9 Å². The predicted octanol–water partition coefficient (Wildman–Crippen LogP) is 2.35. The average molecular weight is 290 g/mol. The van der Waals surface area contributed by atoms with E-state index in [-0.39, 0.29) is 17.8 Å². The number of hydrogen-bond acceptors (Lipinski definition) is 2. The Morgan fingerprint density at radius 2 is 2.31 bits per heavy atom. The standard InChI is InChI=1S/C11H13BrFNO2/c1-7(16-2)6-14-11(15)9-4-3-8(13)5-10(9)12/h3-5,7H,6H2,1-2H3,(H,14,15). The van der Waals surface area contributed by atoms with E-state index < -0.39 is 0 Å². The van der Waals surface area contributed by atoms with Gasteiger partial charge in [-0.1, -0.05) is 0 Å². The molecule has 0 aliphatic heterocycles. The molecule has 16 heavy (non-hydrogen) atoms. The number of methoxy groups -OCH3 is 1. The van der Waals surface area contributed by atoms with Gasteiger partial charge in [0.25, 0.3) is 5.91 Å². The molecule has 1 atom stereocenters. The molecule has 1 N–H and O–H groups in total. The first-order chi connectivity index (χ1) is 7.54. The van der Waals surface area contributed by atoms with E-state index >= 15 is 0 Å². The van der Waals surface area contributed by atoms with Crippen LogP contribution in [-0.4, -0.2) is 25.7 Å². The Balaban J connectivity index is 2.66. The van der Waals surface area contributed by atoms with Crippen LogP contribution in [0.25, 0.3) is 0 Å². The summed E-state index contributed by atoms with van der Waals surface area (Å²) in [5, 5.41) is 2.69. The highest BCUT2D eigenvalue weighted by atomic mass is 79.9. The van der Waals surface area contributed by atoms with Crippen LogP contribution in [0.4, 0.5) is 4.39 Å². The fraction of sp³-hybridized carbons (Fsp3) is 0.364. The molecule has 0 saturated heterocycles. The number of carbonyl (C=O) groups excluding carboxylic acids is 1. The molecule has 0 aliphatic rings. The van der Waals surface area contributed by atoms with Crippen molar-refractivity contribution in [3.8, 4) is 0 Å². The summed E-state index contributed by atoms with van der Waals surface area (Å²) < 4.78 is 18.2. The molecule has 1 rings (SSSR count). The number of hydrogen-bond donors (Lipinski definition) is 1. The quantitative estimate of drug-likeness (QED) is 0.924. The van der Waals surface area contributed by atoms with Crippen LogP contribution in [-0.2, 0) is 4.74 Å². The molecule has 1 aromatic carbocycles. The lowest BCUT2D eigenvalue weighted by Gasteiger charge is -2.11. The van der Waals surface area contributed by atoms with E-state index in [9.17, 15) is 9.18 Å². The number of halogens is 2. The summed E-state index contributed by atoms with van der Waals surface area (Å²) in [5.74, 6) is -0.635. The lowest BCUT2D eigenvalue weighted by molar-refractivity contribution is 0.0869. The molecule has 0 aliphatic carbocycles. The van der Waals surface area contributed by atoms with Crippen LogP contribution in [0.15, 0.2) is 22.7 Å². The van der Waals surface area contributed by atoms with Gasteiger partial charge >= 0.3 is 0 Å². The normalized spacial score (nSPS) is 12.2. The largest absolute Gasteiger partial charge is 0.380 e. The van der Waals surface area contributed by atoms with Crippen molar-refractivity contribution in [1.82, 2.24) is 5.32 Å². The van der Waals surface area contributed by atoms with E-state index in [1.807, 2.05) is 6.92 Å². The van der Waals surface area contributed by atoms with Crippen LogP contribution in [0.3, 0.4) is 0 Å². The van der Waals surface area contributed by atoms with Gasteiger partial charge in [0.2, 0.25) is 0 Å². The summed E-state index contributed by atoms with van der Waals surface area (Å²) >= 11 is 3.14. The minimum Gasteiger partial charge on any atom is -0.380 e. The summed E-state index contributed by atoms with van der Waals surface area (Å²) in [7, 11) is 1.57. The third-order valence-electron chi connectivity index (χ3n) is 2.13. The molecule has 0 heterocycles. The molecular formula is C11H13BrFNO2. The van der Waals surface area contributed by atoms with Gasteiger partial charge in [0.05, 0.1) is 11.7 Å². The highest BCUT2D eigenvalue weighted by Crippen LogP contribution is 2.17. The highest BCUT2D eigenvalue weighted by Gasteiger charge is 2.11. The van der Waals surface area contributed by atoms with Gasteiger partial charge < -0.3 is 10.1 Å². The van der Waals surface area contributed by atoms with Gasteiger partial charge in [-0.15, -0.1) is 0 Å². The maximum absolute atomic E-state index is 12.8. The average Bonchev–Trinajstić information content (AvgIpc) is 2.25. The number of nitrogens with one attached hydrogen (secondary N) is 1. The lowest BCUT2D eigenvalue weighted by atomic mass is 10.2.